The molecule has 3 unspecified atom stereocenters. The normalized spacial score (nSPS) is 26.2. The van der Waals surface area contributed by atoms with Gasteiger partial charge in [-0.1, -0.05) is 30.7 Å². The summed E-state index contributed by atoms with van der Waals surface area (Å²) in [6.45, 7) is 4.87. The lowest BCUT2D eigenvalue weighted by molar-refractivity contribution is -0.144. The van der Waals surface area contributed by atoms with Gasteiger partial charge in [0.05, 0.1) is 0 Å². The average molecular weight is 268 g/mol. The van der Waals surface area contributed by atoms with Gasteiger partial charge in [0, 0.05) is 11.1 Å². The molecule has 0 aliphatic carbocycles. The summed E-state index contributed by atoms with van der Waals surface area (Å²) in [6.07, 6.45) is 0.932. The SMILES string of the molecule is CC1CCN(C(C)c2cccc(Cl)c2)C1C(=O)O. The van der Waals surface area contributed by atoms with E-state index in [1.165, 1.54) is 0 Å². The fourth-order valence-corrected chi connectivity index (χ4v) is 2.95. The van der Waals surface area contributed by atoms with Crippen molar-refractivity contribution in [1.82, 2.24) is 4.90 Å². The van der Waals surface area contributed by atoms with Crippen molar-refractivity contribution in [3.8, 4) is 0 Å². The van der Waals surface area contributed by atoms with E-state index in [4.69, 9.17) is 11.6 Å². The fraction of sp³-hybridized carbons (Fsp3) is 0.500. The summed E-state index contributed by atoms with van der Waals surface area (Å²) < 4.78 is 0. The smallest absolute Gasteiger partial charge is 0.321 e. The van der Waals surface area contributed by atoms with Crippen molar-refractivity contribution < 1.29 is 9.90 Å². The maximum Gasteiger partial charge on any atom is 0.321 e. The van der Waals surface area contributed by atoms with Crippen molar-refractivity contribution >= 4 is 17.6 Å². The van der Waals surface area contributed by atoms with E-state index in [1.54, 1.807) is 0 Å². The third kappa shape index (κ3) is 2.52. The molecular weight excluding hydrogens is 250 g/mol. The molecule has 1 N–H and O–H groups in total. The third-order valence-corrected chi connectivity index (χ3v) is 4.06. The summed E-state index contributed by atoms with van der Waals surface area (Å²) in [5.74, 6) is -0.530. The van der Waals surface area contributed by atoms with Gasteiger partial charge in [-0.15, -0.1) is 0 Å². The highest BCUT2D eigenvalue weighted by Crippen LogP contribution is 2.33. The van der Waals surface area contributed by atoms with E-state index in [0.717, 1.165) is 18.5 Å². The largest absolute Gasteiger partial charge is 0.480 e. The van der Waals surface area contributed by atoms with Gasteiger partial charge in [-0.3, -0.25) is 9.69 Å². The maximum atomic E-state index is 11.4. The van der Waals surface area contributed by atoms with Gasteiger partial charge in [0.1, 0.15) is 6.04 Å². The number of hydrogen-bond acceptors (Lipinski definition) is 2. The number of likely N-dealkylation sites (tertiary alicyclic amines) is 1. The molecule has 0 radical (unpaired) electrons. The summed E-state index contributed by atoms with van der Waals surface area (Å²) >= 11 is 5.99. The number of aliphatic carboxylic acids is 1. The Morgan fingerprint density at radius 1 is 1.56 bits per heavy atom. The summed E-state index contributed by atoms with van der Waals surface area (Å²) in [5, 5.41) is 10.0. The van der Waals surface area contributed by atoms with Crippen LogP contribution in [0.3, 0.4) is 0 Å². The molecular formula is C14H18ClNO2. The molecule has 1 aliphatic heterocycles. The zero-order valence-corrected chi connectivity index (χ0v) is 11.4. The highest BCUT2D eigenvalue weighted by molar-refractivity contribution is 6.30. The number of carboxylic acid groups (broad SMARTS) is 1. The predicted octanol–water partition coefficient (Wildman–Crippen LogP) is 3.20. The highest BCUT2D eigenvalue weighted by Gasteiger charge is 2.39. The van der Waals surface area contributed by atoms with Crippen molar-refractivity contribution in [2.75, 3.05) is 6.54 Å². The molecule has 3 nitrogen and oxygen atoms in total. The minimum absolute atomic E-state index is 0.0785. The van der Waals surface area contributed by atoms with Crippen LogP contribution in [0, 0.1) is 5.92 Å². The molecule has 3 atom stereocenters. The molecule has 1 aromatic carbocycles. The second-order valence-electron chi connectivity index (χ2n) is 5.02. The summed E-state index contributed by atoms with van der Waals surface area (Å²) in [5.41, 5.74) is 1.07. The van der Waals surface area contributed by atoms with E-state index in [0.29, 0.717) is 5.02 Å². The lowest BCUT2D eigenvalue weighted by atomic mass is 10.0. The van der Waals surface area contributed by atoms with Gasteiger partial charge in [0.25, 0.3) is 0 Å². The quantitative estimate of drug-likeness (QED) is 0.914. The van der Waals surface area contributed by atoms with Crippen LogP contribution in [0.1, 0.15) is 31.9 Å². The molecule has 0 saturated carbocycles. The van der Waals surface area contributed by atoms with Gasteiger partial charge in [-0.05, 0) is 43.5 Å². The molecule has 0 bridgehead atoms. The third-order valence-electron chi connectivity index (χ3n) is 3.82. The molecule has 0 amide bonds. The predicted molar refractivity (Wildman–Crippen MR) is 71.8 cm³/mol. The molecule has 1 heterocycles. The van der Waals surface area contributed by atoms with Crippen LogP contribution in [0.15, 0.2) is 24.3 Å². The van der Waals surface area contributed by atoms with E-state index in [9.17, 15) is 9.90 Å². The van der Waals surface area contributed by atoms with Crippen LogP contribution in [0.5, 0.6) is 0 Å². The van der Waals surface area contributed by atoms with Crippen molar-refractivity contribution in [2.24, 2.45) is 5.92 Å². The van der Waals surface area contributed by atoms with Crippen LogP contribution in [-0.2, 0) is 4.79 Å². The first-order chi connectivity index (χ1) is 8.50. The van der Waals surface area contributed by atoms with Crippen molar-refractivity contribution in [1.29, 1.82) is 0 Å². The monoisotopic (exact) mass is 267 g/mol. The van der Waals surface area contributed by atoms with Crippen molar-refractivity contribution in [3.05, 3.63) is 34.9 Å². The highest BCUT2D eigenvalue weighted by atomic mass is 35.5. The first kappa shape index (κ1) is 13.4. The molecule has 1 aliphatic rings. The lowest BCUT2D eigenvalue weighted by Gasteiger charge is -2.29. The summed E-state index contributed by atoms with van der Waals surface area (Å²) in [7, 11) is 0. The summed E-state index contributed by atoms with van der Waals surface area (Å²) in [4.78, 5) is 13.4. The Labute approximate surface area is 112 Å². The van der Waals surface area contributed by atoms with Crippen LogP contribution >= 0.6 is 11.6 Å². The zero-order valence-electron chi connectivity index (χ0n) is 10.6. The number of rotatable bonds is 3. The molecule has 4 heteroatoms. The standard InChI is InChI=1S/C14H18ClNO2/c1-9-6-7-16(13(9)14(17)18)10(2)11-4-3-5-12(15)8-11/h3-5,8-10,13H,6-7H2,1-2H3,(H,17,18). The fourth-order valence-electron chi connectivity index (χ4n) is 2.75. The van der Waals surface area contributed by atoms with Crippen LogP contribution in [-0.4, -0.2) is 28.6 Å². The number of halogens is 1. The van der Waals surface area contributed by atoms with Gasteiger partial charge in [0.15, 0.2) is 0 Å². The number of hydrogen-bond donors (Lipinski definition) is 1. The van der Waals surface area contributed by atoms with Gasteiger partial charge < -0.3 is 5.11 Å². The molecule has 2 rings (SSSR count). The average Bonchev–Trinajstić information content (AvgIpc) is 2.70. The Balaban J connectivity index is 2.23. The topological polar surface area (TPSA) is 40.5 Å². The van der Waals surface area contributed by atoms with E-state index in [2.05, 4.69) is 4.90 Å². The molecule has 1 aromatic rings. The second-order valence-corrected chi connectivity index (χ2v) is 5.45. The maximum absolute atomic E-state index is 11.4. The van der Waals surface area contributed by atoms with E-state index in [-0.39, 0.29) is 18.0 Å². The first-order valence-corrected chi connectivity index (χ1v) is 6.62. The van der Waals surface area contributed by atoms with Crippen LogP contribution in [0.4, 0.5) is 0 Å². The van der Waals surface area contributed by atoms with Gasteiger partial charge in [-0.25, -0.2) is 0 Å². The van der Waals surface area contributed by atoms with Gasteiger partial charge in [-0.2, -0.15) is 0 Å². The molecule has 1 fully saturated rings. The number of carbonyl (C=O) groups is 1. The van der Waals surface area contributed by atoms with Crippen LogP contribution < -0.4 is 0 Å². The lowest BCUT2D eigenvalue weighted by Crippen LogP contribution is -2.40. The van der Waals surface area contributed by atoms with Crippen LogP contribution in [0.2, 0.25) is 5.02 Å². The zero-order chi connectivity index (χ0) is 13.3. The van der Waals surface area contributed by atoms with E-state index in [1.807, 2.05) is 38.1 Å². The summed E-state index contributed by atoms with van der Waals surface area (Å²) in [6, 6.07) is 7.34. The molecule has 0 spiro atoms. The molecule has 98 valence electrons. The Morgan fingerprint density at radius 3 is 2.89 bits per heavy atom. The van der Waals surface area contributed by atoms with Crippen molar-refractivity contribution in [2.45, 2.75) is 32.4 Å². The number of benzene rings is 1. The molecule has 18 heavy (non-hydrogen) atoms. The van der Waals surface area contributed by atoms with Gasteiger partial charge in [0.2, 0.25) is 0 Å². The Hall–Kier alpha value is -1.06. The van der Waals surface area contributed by atoms with E-state index >= 15 is 0 Å². The van der Waals surface area contributed by atoms with Crippen molar-refractivity contribution in [3.63, 3.8) is 0 Å². The first-order valence-electron chi connectivity index (χ1n) is 6.24. The second kappa shape index (κ2) is 5.29. The molecule has 1 saturated heterocycles. The number of nitrogens with zero attached hydrogens (tertiary/aromatic N) is 1. The van der Waals surface area contributed by atoms with E-state index < -0.39 is 5.97 Å². The minimum Gasteiger partial charge on any atom is -0.480 e. The minimum atomic E-state index is -0.728. The Kier molecular flexibility index (Phi) is 3.93. The Bertz CT molecular complexity index is 449. The number of carboxylic acids is 1. The van der Waals surface area contributed by atoms with Gasteiger partial charge >= 0.3 is 5.97 Å². The molecule has 0 aromatic heterocycles. The van der Waals surface area contributed by atoms with Crippen LogP contribution in [0.25, 0.3) is 0 Å². The Morgan fingerprint density at radius 2 is 2.28 bits per heavy atom.